The zero-order valence-electron chi connectivity index (χ0n) is 21.4. The van der Waals surface area contributed by atoms with Crippen LogP contribution in [-0.4, -0.2) is 63.5 Å². The van der Waals surface area contributed by atoms with E-state index in [1.165, 1.54) is 30.6 Å². The molecule has 12 heteroatoms. The van der Waals surface area contributed by atoms with E-state index in [1.54, 1.807) is 36.4 Å². The minimum Gasteiger partial charge on any atom is -0.508 e. The fourth-order valence-corrected chi connectivity index (χ4v) is 4.73. The third kappa shape index (κ3) is 6.48. The Kier molecular flexibility index (Phi) is 8.38. The van der Waals surface area contributed by atoms with Gasteiger partial charge in [0.2, 0.25) is 11.7 Å². The lowest BCUT2D eigenvalue weighted by molar-refractivity contribution is 0.195. The number of nitrogens with one attached hydrogen (secondary N) is 1. The normalized spacial score (nSPS) is 11.8. The molecule has 0 radical (unpaired) electrons. The van der Waals surface area contributed by atoms with Gasteiger partial charge in [-0.05, 0) is 35.4 Å². The van der Waals surface area contributed by atoms with Crippen LogP contribution >= 0.6 is 0 Å². The molecule has 2 aromatic carbocycles. The molecule has 39 heavy (non-hydrogen) atoms. The maximum atomic E-state index is 13.5. The van der Waals surface area contributed by atoms with Gasteiger partial charge in [0, 0.05) is 24.2 Å². The summed E-state index contributed by atoms with van der Waals surface area (Å²) in [5, 5.41) is 29.4. The first kappa shape index (κ1) is 27.9. The SMILES string of the molecule is CC(C)(CO)c1ccc(S(=O)(=O)Nc2nc(-c3ncccn3)nc(OCCO)c2Cc2ccccc2O)cc1. The summed E-state index contributed by atoms with van der Waals surface area (Å²) in [7, 11) is -4.15. The van der Waals surface area contributed by atoms with E-state index in [-0.39, 0.29) is 65.8 Å². The van der Waals surface area contributed by atoms with Crippen molar-refractivity contribution in [1.82, 2.24) is 19.9 Å². The monoisotopic (exact) mass is 551 g/mol. The Bertz CT molecular complexity index is 1530. The highest BCUT2D eigenvalue weighted by atomic mass is 32.2. The molecule has 11 nitrogen and oxygen atoms in total. The summed E-state index contributed by atoms with van der Waals surface area (Å²) in [6.07, 6.45) is 3.01. The van der Waals surface area contributed by atoms with Gasteiger partial charge >= 0.3 is 0 Å². The van der Waals surface area contributed by atoms with Crippen molar-refractivity contribution in [3.8, 4) is 23.3 Å². The van der Waals surface area contributed by atoms with E-state index in [9.17, 15) is 23.7 Å². The molecule has 0 unspecified atom stereocenters. The quantitative estimate of drug-likeness (QED) is 0.217. The van der Waals surface area contributed by atoms with E-state index in [0.717, 1.165) is 5.56 Å². The second-order valence-electron chi connectivity index (χ2n) is 9.30. The molecule has 204 valence electrons. The fourth-order valence-electron chi connectivity index (χ4n) is 3.70. The fraction of sp³-hybridized carbons (Fsp3) is 0.259. The van der Waals surface area contributed by atoms with Crippen molar-refractivity contribution in [2.24, 2.45) is 0 Å². The molecule has 0 atom stereocenters. The number of aromatic hydroxyl groups is 1. The van der Waals surface area contributed by atoms with Gasteiger partial charge in [0.1, 0.15) is 12.4 Å². The smallest absolute Gasteiger partial charge is 0.263 e. The molecule has 0 saturated heterocycles. The van der Waals surface area contributed by atoms with Crippen LogP contribution in [0.2, 0.25) is 0 Å². The van der Waals surface area contributed by atoms with Crippen LogP contribution in [-0.2, 0) is 21.9 Å². The van der Waals surface area contributed by atoms with Gasteiger partial charge in [-0.1, -0.05) is 44.2 Å². The van der Waals surface area contributed by atoms with Crippen molar-refractivity contribution in [3.63, 3.8) is 0 Å². The van der Waals surface area contributed by atoms with Gasteiger partial charge in [0.25, 0.3) is 10.0 Å². The number of anilines is 1. The number of aromatic nitrogens is 4. The zero-order chi connectivity index (χ0) is 28.0. The molecule has 4 N–H and O–H groups in total. The lowest BCUT2D eigenvalue weighted by Crippen LogP contribution is -2.22. The lowest BCUT2D eigenvalue weighted by Gasteiger charge is -2.22. The van der Waals surface area contributed by atoms with Gasteiger partial charge in [0.15, 0.2) is 11.6 Å². The van der Waals surface area contributed by atoms with Crippen LogP contribution in [0.25, 0.3) is 11.6 Å². The van der Waals surface area contributed by atoms with Gasteiger partial charge in [-0.3, -0.25) is 4.72 Å². The number of rotatable bonds is 11. The Balaban J connectivity index is 1.83. The molecule has 0 amide bonds. The topological polar surface area (TPSA) is 168 Å². The summed E-state index contributed by atoms with van der Waals surface area (Å²) in [5.41, 5.74) is 0.951. The predicted molar refractivity (Wildman–Crippen MR) is 144 cm³/mol. The van der Waals surface area contributed by atoms with Gasteiger partial charge in [-0.15, -0.1) is 0 Å². The Morgan fingerprint density at radius 2 is 1.62 bits per heavy atom. The summed E-state index contributed by atoms with van der Waals surface area (Å²) in [5.74, 6) is 0.0432. The van der Waals surface area contributed by atoms with Crippen molar-refractivity contribution in [1.29, 1.82) is 0 Å². The molecule has 0 aliphatic rings. The van der Waals surface area contributed by atoms with Gasteiger partial charge < -0.3 is 20.1 Å². The highest BCUT2D eigenvalue weighted by molar-refractivity contribution is 7.92. The molecule has 4 rings (SSSR count). The maximum absolute atomic E-state index is 13.5. The number of hydrogen-bond acceptors (Lipinski definition) is 10. The van der Waals surface area contributed by atoms with Crippen LogP contribution in [0.3, 0.4) is 0 Å². The number of benzene rings is 2. The number of aliphatic hydroxyl groups excluding tert-OH is 2. The van der Waals surface area contributed by atoms with E-state index in [4.69, 9.17) is 4.74 Å². The van der Waals surface area contributed by atoms with Crippen molar-refractivity contribution in [2.75, 3.05) is 24.5 Å². The van der Waals surface area contributed by atoms with Crippen molar-refractivity contribution in [3.05, 3.63) is 83.7 Å². The van der Waals surface area contributed by atoms with Crippen LogP contribution in [0.4, 0.5) is 5.82 Å². The summed E-state index contributed by atoms with van der Waals surface area (Å²) in [6, 6.07) is 14.4. The molecule has 0 bridgehead atoms. The van der Waals surface area contributed by atoms with Crippen LogP contribution in [0.5, 0.6) is 11.6 Å². The molecule has 0 aliphatic carbocycles. The van der Waals surface area contributed by atoms with Crippen LogP contribution in [0, 0.1) is 0 Å². The number of hydrogen-bond donors (Lipinski definition) is 4. The van der Waals surface area contributed by atoms with Crippen LogP contribution in [0.15, 0.2) is 71.9 Å². The standard InChI is InChI=1S/C27H29N5O6S/c1-27(2,17-34)19-8-10-20(11-9-19)39(36,37)32-23-21(16-18-6-3-4-7-22(18)35)26(38-15-14-33)31-25(30-23)24-28-12-5-13-29-24/h3-13,33-35H,14-17H2,1-2H3,(H,30,31,32). The molecule has 0 saturated carbocycles. The number of ether oxygens (including phenoxy) is 1. The number of phenolic OH excluding ortho intramolecular Hbond substituents is 1. The lowest BCUT2D eigenvalue weighted by atomic mass is 9.86. The minimum atomic E-state index is -4.15. The van der Waals surface area contributed by atoms with E-state index in [2.05, 4.69) is 24.7 Å². The minimum absolute atomic E-state index is 0.00215. The van der Waals surface area contributed by atoms with Crippen molar-refractivity contribution >= 4 is 15.8 Å². The number of nitrogens with zero attached hydrogens (tertiary/aromatic N) is 4. The average molecular weight is 552 g/mol. The number of phenols is 1. The maximum Gasteiger partial charge on any atom is 0.263 e. The third-order valence-electron chi connectivity index (χ3n) is 6.00. The molecule has 2 heterocycles. The Morgan fingerprint density at radius 3 is 2.26 bits per heavy atom. The molecule has 0 spiro atoms. The van der Waals surface area contributed by atoms with E-state index >= 15 is 0 Å². The first-order chi connectivity index (χ1) is 18.6. The predicted octanol–water partition coefficient (Wildman–Crippen LogP) is 2.67. The molecule has 0 aliphatic heterocycles. The first-order valence-corrected chi connectivity index (χ1v) is 13.6. The van der Waals surface area contributed by atoms with E-state index < -0.39 is 15.4 Å². The Hall–Kier alpha value is -4.13. The average Bonchev–Trinajstić information content (AvgIpc) is 2.94. The molecular formula is C27H29N5O6S. The molecular weight excluding hydrogens is 522 g/mol. The summed E-state index contributed by atoms with van der Waals surface area (Å²) in [4.78, 5) is 17.1. The number of para-hydroxylation sites is 1. The van der Waals surface area contributed by atoms with Crippen molar-refractivity contribution < 1.29 is 28.5 Å². The van der Waals surface area contributed by atoms with E-state index in [1.807, 2.05) is 13.8 Å². The number of sulfonamides is 1. The Labute approximate surface area is 226 Å². The molecule has 2 aromatic heterocycles. The highest BCUT2D eigenvalue weighted by Gasteiger charge is 2.25. The largest absolute Gasteiger partial charge is 0.508 e. The second-order valence-corrected chi connectivity index (χ2v) is 11.0. The van der Waals surface area contributed by atoms with Gasteiger partial charge in [0.05, 0.1) is 23.7 Å². The van der Waals surface area contributed by atoms with E-state index in [0.29, 0.717) is 5.56 Å². The number of aliphatic hydroxyl groups is 2. The van der Waals surface area contributed by atoms with Crippen LogP contribution in [0.1, 0.15) is 30.5 Å². The van der Waals surface area contributed by atoms with Crippen molar-refractivity contribution in [2.45, 2.75) is 30.6 Å². The highest BCUT2D eigenvalue weighted by Crippen LogP contribution is 2.33. The third-order valence-corrected chi connectivity index (χ3v) is 7.35. The molecule has 4 aromatic rings. The molecule has 0 fully saturated rings. The summed E-state index contributed by atoms with van der Waals surface area (Å²) >= 11 is 0. The van der Waals surface area contributed by atoms with Gasteiger partial charge in [-0.25, -0.2) is 23.4 Å². The first-order valence-electron chi connectivity index (χ1n) is 12.1. The summed E-state index contributed by atoms with van der Waals surface area (Å²) in [6.45, 7) is 3.17. The second kappa shape index (κ2) is 11.7. The zero-order valence-corrected chi connectivity index (χ0v) is 22.3. The Morgan fingerprint density at radius 1 is 0.923 bits per heavy atom. The van der Waals surface area contributed by atoms with Gasteiger partial charge in [-0.2, -0.15) is 4.98 Å². The summed E-state index contributed by atoms with van der Waals surface area (Å²) < 4.78 is 35.2. The van der Waals surface area contributed by atoms with Crippen LogP contribution < -0.4 is 9.46 Å².